The van der Waals surface area contributed by atoms with E-state index in [9.17, 15) is 8.22 Å². The van der Waals surface area contributed by atoms with Crippen molar-refractivity contribution in [3.63, 3.8) is 0 Å². The average molecular weight is 640 g/mol. The van der Waals surface area contributed by atoms with Gasteiger partial charge in [-0.05, 0) is 113 Å². The maximum atomic E-state index is 9.78. The Morgan fingerprint density at radius 2 is 0.837 bits per heavy atom. The molecule has 0 unspecified atom stereocenters. The average Bonchev–Trinajstić information content (AvgIpc) is 3.68. The Labute approximate surface area is 308 Å². The van der Waals surface area contributed by atoms with Crippen molar-refractivity contribution in [3.05, 3.63) is 182 Å². The molecule has 0 aliphatic rings. The van der Waals surface area contributed by atoms with Crippen LogP contribution in [0.3, 0.4) is 0 Å². The van der Waals surface area contributed by atoms with E-state index in [1.165, 1.54) is 0 Å². The summed E-state index contributed by atoms with van der Waals surface area (Å²) in [5.74, 6) is 0. The summed E-state index contributed by atoms with van der Waals surface area (Å²) >= 11 is 0. The molecule has 0 aliphatic carbocycles. The van der Waals surface area contributed by atoms with Crippen molar-refractivity contribution in [1.82, 2.24) is 0 Å². The fourth-order valence-electron chi connectivity index (χ4n) is 6.59. The van der Waals surface area contributed by atoms with Gasteiger partial charge in [0.15, 0.2) is 0 Å². The van der Waals surface area contributed by atoms with Gasteiger partial charge in [0, 0.05) is 10.8 Å². The third-order valence-corrected chi connectivity index (χ3v) is 8.84. The lowest BCUT2D eigenvalue weighted by Crippen LogP contribution is -1.91. The van der Waals surface area contributed by atoms with Crippen LogP contribution in [-0.2, 0) is 0 Å². The van der Waals surface area contributed by atoms with Gasteiger partial charge in [-0.25, -0.2) is 0 Å². The van der Waals surface area contributed by atoms with Gasteiger partial charge in [-0.3, -0.25) is 0 Å². The van der Waals surface area contributed by atoms with Crippen LogP contribution in [0.5, 0.6) is 0 Å². The molecule has 1 heteroatoms. The van der Waals surface area contributed by atoms with E-state index in [4.69, 9.17) is 19.5 Å². The molecule has 0 radical (unpaired) electrons. The summed E-state index contributed by atoms with van der Waals surface area (Å²) in [5, 5.41) is 1.62. The van der Waals surface area contributed by atoms with E-state index in [2.05, 4.69) is 6.07 Å². The highest BCUT2D eigenvalue weighted by Gasteiger charge is 2.17. The standard InChI is InChI=1S/C48H30O/c1-2-12-32(13-3-1)47-41-17-6-8-19-43(41)48(44-20-9-7-18-42(44)47)38-16-10-15-34(28-38)36-23-25-39-40-26-24-37(30-46(40)49-45(39)29-36)35-22-21-31-11-4-5-14-33(31)27-35/h1-30H/i1D,2D,3D,6D,7D,8D,9D,10D,12D,13D,15D,16D,17D,18D,19D,20D,28D. The van der Waals surface area contributed by atoms with E-state index in [1.54, 1.807) is 18.2 Å². The van der Waals surface area contributed by atoms with Gasteiger partial charge in [-0.2, -0.15) is 0 Å². The summed E-state index contributed by atoms with van der Waals surface area (Å²) in [6.45, 7) is 0. The van der Waals surface area contributed by atoms with Crippen molar-refractivity contribution in [3.8, 4) is 44.5 Å². The van der Waals surface area contributed by atoms with Crippen LogP contribution < -0.4 is 0 Å². The minimum atomic E-state index is -0.823. The van der Waals surface area contributed by atoms with Gasteiger partial charge in [0.05, 0.1) is 23.3 Å². The lowest BCUT2D eigenvalue weighted by Gasteiger charge is -2.18. The number of hydrogen-bond donors (Lipinski definition) is 0. The molecule has 0 atom stereocenters. The van der Waals surface area contributed by atoms with E-state index in [-0.39, 0.29) is 11.1 Å². The molecule has 0 fully saturated rings. The summed E-state index contributed by atoms with van der Waals surface area (Å²) in [5.41, 5.74) is 0.697. The quantitative estimate of drug-likeness (QED) is 0.175. The van der Waals surface area contributed by atoms with E-state index < -0.39 is 147 Å². The summed E-state index contributed by atoms with van der Waals surface area (Å²) in [6, 6.07) is 11.8. The normalized spacial score (nSPS) is 16.5. The molecule has 1 heterocycles. The van der Waals surface area contributed by atoms with Gasteiger partial charge in [-0.1, -0.05) is 145 Å². The monoisotopic (exact) mass is 639 g/mol. The predicted octanol–water partition coefficient (Wildman–Crippen LogP) is 13.7. The van der Waals surface area contributed by atoms with Crippen molar-refractivity contribution in [2.75, 3.05) is 0 Å². The molecule has 49 heavy (non-hydrogen) atoms. The minimum Gasteiger partial charge on any atom is -0.456 e. The SMILES string of the molecule is [2H]c1c([2H])c([2H])c(-c2c3c([2H])c([2H])c([2H])c([2H])c3c(-c3c([2H])c([2H])c([2H])c(-c4ccc5c(c4)oc4cc(-c6ccc7ccccc7c6)ccc45)c3[2H])c3c([2H])c([2H])c([2H])c([2H])c23)c([2H])c1[2H]. The highest BCUT2D eigenvalue weighted by atomic mass is 16.3. The first-order valence-corrected chi connectivity index (χ1v) is 15.4. The molecule has 0 N–H and O–H groups in total. The van der Waals surface area contributed by atoms with Crippen molar-refractivity contribution in [2.45, 2.75) is 0 Å². The smallest absolute Gasteiger partial charge is 0.136 e. The zero-order valence-electron chi connectivity index (χ0n) is 42.4. The second-order valence-electron chi connectivity index (χ2n) is 11.6. The molecule has 0 saturated carbocycles. The molecule has 0 spiro atoms. The maximum absolute atomic E-state index is 9.78. The molecule has 10 aromatic rings. The van der Waals surface area contributed by atoms with Crippen LogP contribution in [0.4, 0.5) is 0 Å². The fraction of sp³-hybridized carbons (Fsp3) is 0. The van der Waals surface area contributed by atoms with Crippen LogP contribution in [0.2, 0.25) is 0 Å². The Morgan fingerprint density at radius 3 is 1.49 bits per heavy atom. The first-order valence-electron chi connectivity index (χ1n) is 23.9. The maximum Gasteiger partial charge on any atom is 0.136 e. The Morgan fingerprint density at radius 1 is 0.347 bits per heavy atom. The van der Waals surface area contributed by atoms with Crippen molar-refractivity contribution >= 4 is 54.3 Å². The van der Waals surface area contributed by atoms with Crippen LogP contribution in [0.1, 0.15) is 23.3 Å². The molecule has 1 nitrogen and oxygen atoms in total. The van der Waals surface area contributed by atoms with E-state index >= 15 is 0 Å². The first-order chi connectivity index (χ1) is 31.3. The molecular formula is C48H30O. The highest BCUT2D eigenvalue weighted by molar-refractivity contribution is 6.21. The van der Waals surface area contributed by atoms with Crippen LogP contribution in [0.15, 0.2) is 186 Å². The number of rotatable bonds is 4. The van der Waals surface area contributed by atoms with Crippen LogP contribution in [0.25, 0.3) is 98.8 Å². The van der Waals surface area contributed by atoms with Crippen molar-refractivity contribution < 1.29 is 27.7 Å². The summed E-state index contributed by atoms with van der Waals surface area (Å²) in [4.78, 5) is 0. The molecule has 0 bridgehead atoms. The summed E-state index contributed by atoms with van der Waals surface area (Å²) in [6.07, 6.45) is 0. The second kappa shape index (κ2) is 11.1. The number of hydrogen-bond acceptors (Lipinski definition) is 1. The topological polar surface area (TPSA) is 13.1 Å². The van der Waals surface area contributed by atoms with Gasteiger partial charge in [0.1, 0.15) is 11.2 Å². The molecule has 0 saturated heterocycles. The number of benzene rings is 9. The van der Waals surface area contributed by atoms with Gasteiger partial charge in [0.25, 0.3) is 0 Å². The summed E-state index contributed by atoms with van der Waals surface area (Å²) < 4.78 is 159. The van der Waals surface area contributed by atoms with Gasteiger partial charge in [0.2, 0.25) is 0 Å². The molecular weight excluding hydrogens is 593 g/mol. The Kier molecular flexibility index (Phi) is 3.54. The van der Waals surface area contributed by atoms with Gasteiger partial charge >= 0.3 is 0 Å². The van der Waals surface area contributed by atoms with Crippen molar-refractivity contribution in [1.29, 1.82) is 0 Å². The van der Waals surface area contributed by atoms with E-state index in [1.807, 2.05) is 54.6 Å². The second-order valence-corrected chi connectivity index (χ2v) is 11.6. The highest BCUT2D eigenvalue weighted by Crippen LogP contribution is 2.44. The predicted molar refractivity (Wildman–Crippen MR) is 208 cm³/mol. The Bertz CT molecular complexity index is 3750. The fourth-order valence-corrected chi connectivity index (χ4v) is 6.59. The zero-order chi connectivity index (χ0) is 47.1. The Hall–Kier alpha value is -6.44. The van der Waals surface area contributed by atoms with Gasteiger partial charge in [-0.15, -0.1) is 0 Å². The largest absolute Gasteiger partial charge is 0.456 e. The Balaban J connectivity index is 1.30. The van der Waals surface area contributed by atoms with Gasteiger partial charge < -0.3 is 4.42 Å². The summed E-state index contributed by atoms with van der Waals surface area (Å²) in [7, 11) is 0. The van der Waals surface area contributed by atoms with E-state index in [0.717, 1.165) is 27.3 Å². The molecule has 0 amide bonds. The number of furan rings is 1. The van der Waals surface area contributed by atoms with Crippen LogP contribution in [-0.4, -0.2) is 0 Å². The molecule has 1 aromatic heterocycles. The molecule has 228 valence electrons. The number of fused-ring (bicyclic) bond motifs is 6. The van der Waals surface area contributed by atoms with Crippen LogP contribution >= 0.6 is 0 Å². The lowest BCUT2D eigenvalue weighted by molar-refractivity contribution is 0.669. The van der Waals surface area contributed by atoms with E-state index in [0.29, 0.717) is 16.6 Å². The minimum absolute atomic E-state index is 0.192. The van der Waals surface area contributed by atoms with Crippen LogP contribution in [0, 0.1) is 0 Å². The third kappa shape index (κ3) is 4.55. The van der Waals surface area contributed by atoms with Crippen molar-refractivity contribution in [2.24, 2.45) is 0 Å². The first kappa shape index (κ1) is 15.6. The lowest BCUT2D eigenvalue weighted by atomic mass is 9.85. The third-order valence-electron chi connectivity index (χ3n) is 8.84. The molecule has 9 aromatic carbocycles. The zero-order valence-corrected chi connectivity index (χ0v) is 25.4. The molecule has 10 rings (SSSR count). The molecule has 0 aliphatic heterocycles.